The lowest BCUT2D eigenvalue weighted by Crippen LogP contribution is -2.51. The lowest BCUT2D eigenvalue weighted by Gasteiger charge is -2.57. The number of ketones is 1. The Morgan fingerprint density at radius 1 is 1.00 bits per heavy atom. The molecule has 0 aromatic heterocycles. The Kier molecular flexibility index (Phi) is 3.00. The van der Waals surface area contributed by atoms with Crippen LogP contribution in [-0.2, 0) is 4.79 Å². The van der Waals surface area contributed by atoms with Crippen molar-refractivity contribution in [3.63, 3.8) is 0 Å². The predicted octanol–water partition coefficient (Wildman–Crippen LogP) is 4.21. The smallest absolute Gasteiger partial charge is 0.136 e. The summed E-state index contributed by atoms with van der Waals surface area (Å²) in [6.07, 6.45) is 11.2. The molecule has 5 rings (SSSR count). The molecule has 5 saturated carbocycles. The van der Waals surface area contributed by atoms with Crippen molar-refractivity contribution in [2.75, 3.05) is 0 Å². The summed E-state index contributed by atoms with van der Waals surface area (Å²) in [6.45, 7) is 4.36. The minimum Gasteiger partial charge on any atom is -0.393 e. The van der Waals surface area contributed by atoms with Gasteiger partial charge in [-0.2, -0.15) is 0 Å². The largest absolute Gasteiger partial charge is 0.393 e. The lowest BCUT2D eigenvalue weighted by molar-refractivity contribution is -0.134. The molecule has 0 saturated heterocycles. The highest BCUT2D eigenvalue weighted by atomic mass is 16.3. The van der Waals surface area contributed by atoms with Crippen molar-refractivity contribution in [3.8, 4) is 0 Å². The number of Topliss-reactive ketones (excluding diaryl/α,β-unsaturated/α-hetero) is 1. The van der Waals surface area contributed by atoms with Crippen LogP contribution in [0.1, 0.15) is 71.6 Å². The van der Waals surface area contributed by atoms with Gasteiger partial charge in [-0.25, -0.2) is 0 Å². The van der Waals surface area contributed by atoms with E-state index in [2.05, 4.69) is 6.92 Å². The summed E-state index contributed by atoms with van der Waals surface area (Å²) in [5.74, 6) is 5.50. The molecule has 5 aliphatic carbocycles. The van der Waals surface area contributed by atoms with Crippen molar-refractivity contribution < 1.29 is 9.90 Å². The highest BCUT2D eigenvalue weighted by Crippen LogP contribution is 2.79. The number of carbonyl (C=O) groups excluding carboxylic acids is 1. The highest BCUT2D eigenvalue weighted by Gasteiger charge is 2.76. The molecule has 0 aliphatic heterocycles. The normalized spacial score (nSPS) is 60.2. The molecule has 128 valence electrons. The van der Waals surface area contributed by atoms with Crippen LogP contribution >= 0.6 is 0 Å². The summed E-state index contributed by atoms with van der Waals surface area (Å²) in [5, 5.41) is 10.0. The Bertz CT molecular complexity index is 542. The van der Waals surface area contributed by atoms with Crippen LogP contribution in [0, 0.1) is 46.3 Å². The Labute approximate surface area is 140 Å². The Morgan fingerprint density at radius 3 is 2.57 bits per heavy atom. The number of hydrogen-bond acceptors (Lipinski definition) is 2. The third kappa shape index (κ3) is 1.72. The zero-order valence-corrected chi connectivity index (χ0v) is 14.8. The molecular formula is C21H32O2. The van der Waals surface area contributed by atoms with Gasteiger partial charge in [0, 0.05) is 5.41 Å². The summed E-state index contributed by atoms with van der Waals surface area (Å²) in [6, 6.07) is 0. The second-order valence-electron chi connectivity index (χ2n) is 10.0. The van der Waals surface area contributed by atoms with E-state index in [1.807, 2.05) is 6.92 Å². The van der Waals surface area contributed by atoms with Crippen molar-refractivity contribution in [1.29, 1.82) is 0 Å². The van der Waals surface area contributed by atoms with E-state index in [1.165, 1.54) is 44.9 Å². The number of carbonyl (C=O) groups is 1. The molecule has 0 unspecified atom stereocenters. The van der Waals surface area contributed by atoms with E-state index >= 15 is 0 Å². The third-order valence-corrected chi connectivity index (χ3v) is 9.61. The monoisotopic (exact) mass is 316 g/mol. The van der Waals surface area contributed by atoms with Crippen LogP contribution in [0.3, 0.4) is 0 Å². The molecule has 0 spiro atoms. The number of rotatable bonds is 1. The fourth-order valence-corrected chi connectivity index (χ4v) is 8.59. The zero-order valence-electron chi connectivity index (χ0n) is 14.8. The van der Waals surface area contributed by atoms with E-state index in [0.717, 1.165) is 48.3 Å². The fourth-order valence-electron chi connectivity index (χ4n) is 8.59. The van der Waals surface area contributed by atoms with Crippen LogP contribution in [0.4, 0.5) is 0 Å². The van der Waals surface area contributed by atoms with Gasteiger partial charge in [-0.3, -0.25) is 4.79 Å². The van der Waals surface area contributed by atoms with Crippen LogP contribution in [0.2, 0.25) is 0 Å². The molecule has 2 nitrogen and oxygen atoms in total. The van der Waals surface area contributed by atoms with Crippen molar-refractivity contribution in [2.45, 2.75) is 77.7 Å². The van der Waals surface area contributed by atoms with E-state index in [1.54, 1.807) is 0 Å². The number of aliphatic hydroxyl groups is 1. The maximum atomic E-state index is 12.5. The summed E-state index contributed by atoms with van der Waals surface area (Å²) in [4.78, 5) is 12.5. The Hall–Kier alpha value is -0.370. The minimum atomic E-state index is -0.0261. The first-order chi connectivity index (χ1) is 11.0. The first kappa shape index (κ1) is 14.9. The molecule has 0 heterocycles. The average molecular weight is 316 g/mol. The SMILES string of the molecule is CC(=O)[C@@]12C[C@@H]1C[C@H]1[C@@H]3CC[C@@H]4C[C@@H](O)CC[C@@H]4[C@H]3CC[C@@]12C. The molecule has 0 bridgehead atoms. The van der Waals surface area contributed by atoms with Gasteiger partial charge in [0.1, 0.15) is 5.78 Å². The van der Waals surface area contributed by atoms with E-state index in [-0.39, 0.29) is 11.5 Å². The number of aliphatic hydroxyl groups excluding tert-OH is 1. The zero-order chi connectivity index (χ0) is 16.0. The third-order valence-electron chi connectivity index (χ3n) is 9.61. The topological polar surface area (TPSA) is 37.3 Å². The summed E-state index contributed by atoms with van der Waals surface area (Å²) >= 11 is 0. The van der Waals surface area contributed by atoms with Crippen molar-refractivity contribution in [2.24, 2.45) is 46.3 Å². The first-order valence-electron chi connectivity index (χ1n) is 10.2. The van der Waals surface area contributed by atoms with Crippen molar-refractivity contribution >= 4 is 5.78 Å². The van der Waals surface area contributed by atoms with Crippen LogP contribution in [0.15, 0.2) is 0 Å². The first-order valence-corrected chi connectivity index (χ1v) is 10.2. The molecule has 0 radical (unpaired) electrons. The Balaban J connectivity index is 1.43. The predicted molar refractivity (Wildman–Crippen MR) is 89.7 cm³/mol. The van der Waals surface area contributed by atoms with Gasteiger partial charge < -0.3 is 5.11 Å². The van der Waals surface area contributed by atoms with Crippen molar-refractivity contribution in [1.82, 2.24) is 0 Å². The second-order valence-corrected chi connectivity index (χ2v) is 10.0. The van der Waals surface area contributed by atoms with Crippen LogP contribution in [0.5, 0.6) is 0 Å². The highest BCUT2D eigenvalue weighted by molar-refractivity contribution is 5.87. The molecule has 2 heteroatoms. The van der Waals surface area contributed by atoms with Gasteiger partial charge in [0.2, 0.25) is 0 Å². The van der Waals surface area contributed by atoms with Crippen molar-refractivity contribution in [3.05, 3.63) is 0 Å². The van der Waals surface area contributed by atoms with Gasteiger partial charge in [0.15, 0.2) is 0 Å². The van der Waals surface area contributed by atoms with E-state index in [9.17, 15) is 9.90 Å². The number of hydrogen-bond donors (Lipinski definition) is 1. The summed E-state index contributed by atoms with van der Waals surface area (Å²) in [5.41, 5.74) is 0.397. The van der Waals surface area contributed by atoms with Gasteiger partial charge >= 0.3 is 0 Å². The number of fused-ring (bicyclic) bond motifs is 7. The standard InChI is InChI=1S/C21H32O2/c1-12(22)21-11-14(21)10-19-18-5-3-13-9-15(23)4-6-16(13)17(18)7-8-20(19,21)2/h13-19,23H,3-11H2,1-2H3/t13-,14+,15+,16+,17-,18-,19+,20+,21+/m1/s1. The van der Waals surface area contributed by atoms with Gasteiger partial charge in [-0.05, 0) is 106 Å². The maximum absolute atomic E-state index is 12.5. The summed E-state index contributed by atoms with van der Waals surface area (Å²) in [7, 11) is 0. The molecule has 0 aromatic rings. The molecule has 0 aromatic carbocycles. The van der Waals surface area contributed by atoms with Gasteiger partial charge in [0.25, 0.3) is 0 Å². The Morgan fingerprint density at radius 2 is 1.78 bits per heavy atom. The molecule has 5 fully saturated rings. The molecular weight excluding hydrogens is 284 g/mol. The molecule has 23 heavy (non-hydrogen) atoms. The van der Waals surface area contributed by atoms with E-state index in [0.29, 0.717) is 11.2 Å². The summed E-state index contributed by atoms with van der Waals surface area (Å²) < 4.78 is 0. The second kappa shape index (κ2) is 4.62. The molecule has 0 amide bonds. The van der Waals surface area contributed by atoms with Crippen LogP contribution in [-0.4, -0.2) is 17.0 Å². The van der Waals surface area contributed by atoms with E-state index in [4.69, 9.17) is 0 Å². The molecule has 5 aliphatic rings. The maximum Gasteiger partial charge on any atom is 0.136 e. The van der Waals surface area contributed by atoms with Crippen LogP contribution in [0.25, 0.3) is 0 Å². The minimum absolute atomic E-state index is 0.0261. The van der Waals surface area contributed by atoms with E-state index < -0.39 is 0 Å². The average Bonchev–Trinajstić information content (AvgIpc) is 3.20. The van der Waals surface area contributed by atoms with Crippen LogP contribution < -0.4 is 0 Å². The fraction of sp³-hybridized carbons (Fsp3) is 0.952. The quantitative estimate of drug-likeness (QED) is 0.787. The molecule has 1 N–H and O–H groups in total. The lowest BCUT2D eigenvalue weighted by atomic mass is 9.48. The molecule has 9 atom stereocenters. The van der Waals surface area contributed by atoms with Gasteiger partial charge in [-0.15, -0.1) is 0 Å². The van der Waals surface area contributed by atoms with Gasteiger partial charge in [-0.1, -0.05) is 6.92 Å². The van der Waals surface area contributed by atoms with Gasteiger partial charge in [0.05, 0.1) is 6.10 Å².